The molecule has 0 aliphatic carbocycles. The number of sulfonamides is 1. The number of para-hydroxylation sites is 1. The molecule has 0 aromatic heterocycles. The van der Waals surface area contributed by atoms with E-state index in [1.165, 1.54) is 11.9 Å². The summed E-state index contributed by atoms with van der Waals surface area (Å²) in [7, 11) is -0.462. The summed E-state index contributed by atoms with van der Waals surface area (Å²) in [6.45, 7) is 0. The van der Waals surface area contributed by atoms with Crippen LogP contribution in [0.4, 0.5) is 5.69 Å². The average molecular weight is 332 g/mol. The molecule has 2 aromatic rings. The van der Waals surface area contributed by atoms with Crippen LogP contribution in [0.25, 0.3) is 0 Å². The Morgan fingerprint density at radius 3 is 1.87 bits per heavy atom. The van der Waals surface area contributed by atoms with Crippen molar-refractivity contribution in [2.75, 3.05) is 25.3 Å². The standard InChI is InChI=1S/C17H20N2O3S/c1-18(15-12-8-5-9-13-15)17(20)16(19(2)23(3,21)22)14-10-6-4-7-11-14/h4-13,16H,1-3H3. The highest BCUT2D eigenvalue weighted by atomic mass is 32.2. The van der Waals surface area contributed by atoms with Gasteiger partial charge in [0.25, 0.3) is 0 Å². The topological polar surface area (TPSA) is 57.7 Å². The molecular formula is C17H20N2O3S. The summed E-state index contributed by atoms with van der Waals surface area (Å²) in [6, 6.07) is 17.1. The zero-order valence-electron chi connectivity index (χ0n) is 13.4. The van der Waals surface area contributed by atoms with Crippen LogP contribution >= 0.6 is 0 Å². The fraction of sp³-hybridized carbons (Fsp3) is 0.235. The summed E-state index contributed by atoms with van der Waals surface area (Å²) in [4.78, 5) is 14.4. The van der Waals surface area contributed by atoms with Crippen LogP contribution in [0.3, 0.4) is 0 Å². The molecule has 23 heavy (non-hydrogen) atoms. The van der Waals surface area contributed by atoms with Crippen molar-refractivity contribution in [2.24, 2.45) is 0 Å². The maximum atomic E-state index is 13.0. The third kappa shape index (κ3) is 3.97. The minimum atomic E-state index is -3.53. The average Bonchev–Trinajstić information content (AvgIpc) is 2.55. The molecule has 0 bridgehead atoms. The molecule has 0 radical (unpaired) electrons. The Kier molecular flexibility index (Phi) is 5.18. The Morgan fingerprint density at radius 2 is 1.39 bits per heavy atom. The number of rotatable bonds is 5. The third-order valence-corrected chi connectivity index (χ3v) is 4.97. The van der Waals surface area contributed by atoms with Crippen molar-refractivity contribution >= 4 is 21.6 Å². The van der Waals surface area contributed by atoms with E-state index in [2.05, 4.69) is 0 Å². The largest absolute Gasteiger partial charge is 0.314 e. The van der Waals surface area contributed by atoms with Gasteiger partial charge in [-0.05, 0) is 17.7 Å². The van der Waals surface area contributed by atoms with E-state index in [4.69, 9.17) is 0 Å². The van der Waals surface area contributed by atoms with Crippen molar-refractivity contribution in [3.8, 4) is 0 Å². The number of carbonyl (C=O) groups is 1. The third-order valence-electron chi connectivity index (χ3n) is 3.71. The van der Waals surface area contributed by atoms with E-state index >= 15 is 0 Å². The maximum Gasteiger partial charge on any atom is 0.249 e. The first kappa shape index (κ1) is 17.2. The minimum absolute atomic E-state index is 0.310. The summed E-state index contributed by atoms with van der Waals surface area (Å²) in [5.41, 5.74) is 1.34. The van der Waals surface area contributed by atoms with Crippen molar-refractivity contribution in [3.05, 3.63) is 66.2 Å². The number of hydrogen-bond donors (Lipinski definition) is 0. The second kappa shape index (κ2) is 6.93. The molecule has 1 amide bonds. The summed E-state index contributed by atoms with van der Waals surface area (Å²) in [5, 5.41) is 0. The van der Waals surface area contributed by atoms with Gasteiger partial charge in [0.05, 0.1) is 6.26 Å². The van der Waals surface area contributed by atoms with Gasteiger partial charge < -0.3 is 4.90 Å². The zero-order chi connectivity index (χ0) is 17.0. The van der Waals surface area contributed by atoms with Gasteiger partial charge >= 0.3 is 0 Å². The van der Waals surface area contributed by atoms with Crippen LogP contribution in [0.1, 0.15) is 11.6 Å². The van der Waals surface area contributed by atoms with Crippen molar-refractivity contribution < 1.29 is 13.2 Å². The smallest absolute Gasteiger partial charge is 0.249 e. The molecule has 0 saturated carbocycles. The monoisotopic (exact) mass is 332 g/mol. The van der Waals surface area contributed by atoms with Crippen LogP contribution in [-0.2, 0) is 14.8 Å². The maximum absolute atomic E-state index is 13.0. The number of anilines is 1. The van der Waals surface area contributed by atoms with E-state index in [1.807, 2.05) is 24.3 Å². The van der Waals surface area contributed by atoms with Gasteiger partial charge in [0.1, 0.15) is 6.04 Å². The van der Waals surface area contributed by atoms with Crippen molar-refractivity contribution in [2.45, 2.75) is 6.04 Å². The molecule has 5 nitrogen and oxygen atoms in total. The first-order valence-electron chi connectivity index (χ1n) is 7.13. The highest BCUT2D eigenvalue weighted by molar-refractivity contribution is 7.88. The highest BCUT2D eigenvalue weighted by Gasteiger charge is 2.33. The predicted molar refractivity (Wildman–Crippen MR) is 91.6 cm³/mol. The second-order valence-electron chi connectivity index (χ2n) is 5.33. The van der Waals surface area contributed by atoms with E-state index in [1.54, 1.807) is 43.4 Å². The first-order valence-corrected chi connectivity index (χ1v) is 8.98. The summed E-state index contributed by atoms with van der Waals surface area (Å²) < 4.78 is 25.0. The van der Waals surface area contributed by atoms with Gasteiger partial charge in [0.15, 0.2) is 0 Å². The van der Waals surface area contributed by atoms with E-state index in [9.17, 15) is 13.2 Å². The molecular weight excluding hydrogens is 312 g/mol. The van der Waals surface area contributed by atoms with Crippen LogP contribution in [-0.4, -0.2) is 39.0 Å². The summed E-state index contributed by atoms with van der Waals surface area (Å²) in [5.74, 6) is -0.310. The molecule has 122 valence electrons. The fourth-order valence-electron chi connectivity index (χ4n) is 2.30. The SMILES string of the molecule is CN(C(=O)C(c1ccccc1)N(C)S(C)(=O)=O)c1ccccc1. The first-order chi connectivity index (χ1) is 10.8. The molecule has 2 rings (SSSR count). The second-order valence-corrected chi connectivity index (χ2v) is 7.37. The van der Waals surface area contributed by atoms with Crippen molar-refractivity contribution in [1.29, 1.82) is 0 Å². The quantitative estimate of drug-likeness (QED) is 0.844. The van der Waals surface area contributed by atoms with Crippen molar-refractivity contribution in [1.82, 2.24) is 4.31 Å². The summed E-state index contributed by atoms with van der Waals surface area (Å²) >= 11 is 0. The van der Waals surface area contributed by atoms with Gasteiger partial charge in [-0.3, -0.25) is 4.79 Å². The molecule has 0 saturated heterocycles. The van der Waals surface area contributed by atoms with Gasteiger partial charge in [-0.15, -0.1) is 0 Å². The Morgan fingerprint density at radius 1 is 0.913 bits per heavy atom. The number of hydrogen-bond acceptors (Lipinski definition) is 3. The van der Waals surface area contributed by atoms with Crippen molar-refractivity contribution in [3.63, 3.8) is 0 Å². The number of carbonyl (C=O) groups excluding carboxylic acids is 1. The van der Waals surface area contributed by atoms with Crippen LogP contribution in [0, 0.1) is 0 Å². The molecule has 6 heteroatoms. The number of benzene rings is 2. The highest BCUT2D eigenvalue weighted by Crippen LogP contribution is 2.26. The zero-order valence-corrected chi connectivity index (χ0v) is 14.2. The van der Waals surface area contributed by atoms with Crippen LogP contribution in [0.2, 0.25) is 0 Å². The molecule has 0 aliphatic heterocycles. The molecule has 0 fully saturated rings. The lowest BCUT2D eigenvalue weighted by Crippen LogP contribution is -2.42. The Hall–Kier alpha value is -2.18. The number of amides is 1. The van der Waals surface area contributed by atoms with Gasteiger partial charge in [0, 0.05) is 19.8 Å². The Bertz CT molecular complexity index is 761. The van der Waals surface area contributed by atoms with Gasteiger partial charge in [-0.2, -0.15) is 4.31 Å². The number of nitrogens with zero attached hydrogens (tertiary/aromatic N) is 2. The Labute approximate surface area is 137 Å². The molecule has 0 aliphatic rings. The fourth-order valence-corrected chi connectivity index (χ4v) is 2.89. The molecule has 2 aromatic carbocycles. The normalized spacial score (nSPS) is 12.9. The van der Waals surface area contributed by atoms with Gasteiger partial charge in [-0.1, -0.05) is 48.5 Å². The lowest BCUT2D eigenvalue weighted by molar-refractivity contribution is -0.121. The lowest BCUT2D eigenvalue weighted by Gasteiger charge is -2.29. The predicted octanol–water partition coefficient (Wildman–Crippen LogP) is 2.28. The molecule has 1 atom stereocenters. The molecule has 0 spiro atoms. The van der Waals surface area contributed by atoms with Crippen LogP contribution in [0.5, 0.6) is 0 Å². The summed E-state index contributed by atoms with van der Waals surface area (Å²) in [6.07, 6.45) is 1.10. The van der Waals surface area contributed by atoms with Gasteiger partial charge in [-0.25, -0.2) is 8.42 Å². The van der Waals surface area contributed by atoms with E-state index in [0.29, 0.717) is 11.3 Å². The van der Waals surface area contributed by atoms with E-state index in [-0.39, 0.29) is 5.91 Å². The molecule has 1 unspecified atom stereocenters. The van der Waals surface area contributed by atoms with Crippen LogP contribution in [0.15, 0.2) is 60.7 Å². The van der Waals surface area contributed by atoms with Crippen LogP contribution < -0.4 is 4.90 Å². The lowest BCUT2D eigenvalue weighted by atomic mass is 10.1. The Balaban J connectivity index is 2.43. The molecule has 0 heterocycles. The molecule has 0 N–H and O–H groups in total. The van der Waals surface area contributed by atoms with E-state index in [0.717, 1.165) is 10.6 Å². The van der Waals surface area contributed by atoms with Gasteiger partial charge in [0.2, 0.25) is 15.9 Å². The number of likely N-dealkylation sites (N-methyl/N-ethyl adjacent to an activating group) is 2. The van der Waals surface area contributed by atoms with E-state index < -0.39 is 16.1 Å². The minimum Gasteiger partial charge on any atom is -0.314 e.